The molecule has 1 aliphatic heterocycles. The van der Waals surface area contributed by atoms with Gasteiger partial charge in [0.2, 0.25) is 0 Å². The lowest BCUT2D eigenvalue weighted by Gasteiger charge is -2.07. The van der Waals surface area contributed by atoms with Crippen LogP contribution in [0.4, 0.5) is 5.69 Å². The molecular formula is C14H14N2O. The highest BCUT2D eigenvalue weighted by atomic mass is 16.5. The summed E-state index contributed by atoms with van der Waals surface area (Å²) in [4.78, 5) is 4.41. The maximum Gasteiger partial charge on any atom is 0.0732 e. The molecule has 3 nitrogen and oxygen atoms in total. The monoisotopic (exact) mass is 226 g/mol. The van der Waals surface area contributed by atoms with Gasteiger partial charge in [-0.05, 0) is 35.7 Å². The predicted octanol–water partition coefficient (Wildman–Crippen LogP) is 2.67. The summed E-state index contributed by atoms with van der Waals surface area (Å²) in [6.07, 6.45) is 1.70. The lowest BCUT2D eigenvalue weighted by atomic mass is 10.0. The second kappa shape index (κ2) is 3.86. The summed E-state index contributed by atoms with van der Waals surface area (Å²) in [7, 11) is 0. The van der Waals surface area contributed by atoms with Crippen molar-refractivity contribution in [2.45, 2.75) is 20.1 Å². The van der Waals surface area contributed by atoms with Crippen molar-refractivity contribution in [2.24, 2.45) is 0 Å². The van der Waals surface area contributed by atoms with Crippen molar-refractivity contribution in [3.8, 4) is 11.3 Å². The van der Waals surface area contributed by atoms with Crippen molar-refractivity contribution < 1.29 is 4.74 Å². The van der Waals surface area contributed by atoms with Crippen LogP contribution < -0.4 is 5.73 Å². The predicted molar refractivity (Wildman–Crippen MR) is 67.3 cm³/mol. The van der Waals surface area contributed by atoms with Gasteiger partial charge in [0.05, 0.1) is 30.8 Å². The van der Waals surface area contributed by atoms with E-state index in [1.165, 1.54) is 11.1 Å². The van der Waals surface area contributed by atoms with E-state index >= 15 is 0 Å². The molecule has 0 radical (unpaired) electrons. The minimum Gasteiger partial charge on any atom is -0.397 e. The minimum absolute atomic E-state index is 0.704. The van der Waals surface area contributed by atoms with Crippen LogP contribution in [0, 0.1) is 6.92 Å². The Morgan fingerprint density at radius 2 is 2.00 bits per heavy atom. The molecule has 86 valence electrons. The van der Waals surface area contributed by atoms with Crippen LogP contribution in [0.2, 0.25) is 0 Å². The summed E-state index contributed by atoms with van der Waals surface area (Å²) in [5.41, 5.74) is 12.2. The molecule has 0 bridgehead atoms. The quantitative estimate of drug-likeness (QED) is 0.813. The molecule has 2 N–H and O–H groups in total. The van der Waals surface area contributed by atoms with Gasteiger partial charge in [0.25, 0.3) is 0 Å². The average Bonchev–Trinajstić information content (AvgIpc) is 2.75. The molecule has 2 heterocycles. The molecule has 0 fully saturated rings. The summed E-state index contributed by atoms with van der Waals surface area (Å²) in [5.74, 6) is 0. The first-order valence-electron chi connectivity index (χ1n) is 5.66. The van der Waals surface area contributed by atoms with E-state index in [1.807, 2.05) is 13.0 Å². The van der Waals surface area contributed by atoms with E-state index in [4.69, 9.17) is 10.5 Å². The Bertz CT molecular complexity index is 578. The number of fused-ring (bicyclic) bond motifs is 1. The highest BCUT2D eigenvalue weighted by molar-refractivity contribution is 5.66. The standard InChI is InChI=1S/C14H14N2O/c1-9-4-13(15)6-16-14(9)10-2-3-11-7-17-8-12(11)5-10/h2-6H,7-8,15H2,1H3. The molecule has 0 saturated heterocycles. The van der Waals surface area contributed by atoms with E-state index < -0.39 is 0 Å². The van der Waals surface area contributed by atoms with Crippen LogP contribution in [0.3, 0.4) is 0 Å². The molecule has 0 aliphatic carbocycles. The normalized spacial score (nSPS) is 13.7. The van der Waals surface area contributed by atoms with E-state index in [-0.39, 0.29) is 0 Å². The van der Waals surface area contributed by atoms with Gasteiger partial charge in [0.15, 0.2) is 0 Å². The summed E-state index contributed by atoms with van der Waals surface area (Å²) >= 11 is 0. The third kappa shape index (κ3) is 1.78. The highest BCUT2D eigenvalue weighted by Gasteiger charge is 2.13. The third-order valence-corrected chi connectivity index (χ3v) is 3.09. The fourth-order valence-corrected chi connectivity index (χ4v) is 2.22. The van der Waals surface area contributed by atoms with Gasteiger partial charge >= 0.3 is 0 Å². The van der Waals surface area contributed by atoms with Gasteiger partial charge in [-0.25, -0.2) is 0 Å². The Morgan fingerprint density at radius 1 is 1.18 bits per heavy atom. The van der Waals surface area contributed by atoms with Crippen LogP contribution in [-0.2, 0) is 18.0 Å². The van der Waals surface area contributed by atoms with Crippen molar-refractivity contribution in [3.63, 3.8) is 0 Å². The Balaban J connectivity index is 2.09. The van der Waals surface area contributed by atoms with Crippen LogP contribution in [0.25, 0.3) is 11.3 Å². The van der Waals surface area contributed by atoms with E-state index in [0.29, 0.717) is 12.3 Å². The number of pyridine rings is 1. The minimum atomic E-state index is 0.704. The molecule has 0 spiro atoms. The molecule has 3 rings (SSSR count). The highest BCUT2D eigenvalue weighted by Crippen LogP contribution is 2.28. The number of hydrogen-bond donors (Lipinski definition) is 1. The number of ether oxygens (including phenoxy) is 1. The van der Waals surface area contributed by atoms with Crippen molar-refractivity contribution >= 4 is 5.69 Å². The van der Waals surface area contributed by atoms with Gasteiger partial charge in [-0.2, -0.15) is 0 Å². The van der Waals surface area contributed by atoms with Gasteiger partial charge in [-0.15, -0.1) is 0 Å². The van der Waals surface area contributed by atoms with Gasteiger partial charge in [0, 0.05) is 5.56 Å². The van der Waals surface area contributed by atoms with Gasteiger partial charge < -0.3 is 10.5 Å². The Morgan fingerprint density at radius 3 is 2.82 bits per heavy atom. The maximum absolute atomic E-state index is 5.71. The smallest absolute Gasteiger partial charge is 0.0732 e. The van der Waals surface area contributed by atoms with E-state index in [0.717, 1.165) is 23.4 Å². The molecule has 2 aromatic rings. The number of benzene rings is 1. The van der Waals surface area contributed by atoms with Gasteiger partial charge in [-0.3, -0.25) is 4.98 Å². The number of hydrogen-bond acceptors (Lipinski definition) is 3. The Labute approximate surface area is 100 Å². The summed E-state index contributed by atoms with van der Waals surface area (Å²) in [6.45, 7) is 3.46. The van der Waals surface area contributed by atoms with Crippen LogP contribution >= 0.6 is 0 Å². The summed E-state index contributed by atoms with van der Waals surface area (Å²) in [6, 6.07) is 8.33. The van der Waals surface area contributed by atoms with E-state index in [1.54, 1.807) is 6.20 Å². The fourth-order valence-electron chi connectivity index (χ4n) is 2.22. The lowest BCUT2D eigenvalue weighted by molar-refractivity contribution is 0.134. The zero-order valence-corrected chi connectivity index (χ0v) is 9.73. The van der Waals surface area contributed by atoms with E-state index in [9.17, 15) is 0 Å². The second-order valence-corrected chi connectivity index (χ2v) is 4.41. The Hall–Kier alpha value is -1.87. The molecule has 17 heavy (non-hydrogen) atoms. The molecule has 0 unspecified atom stereocenters. The molecular weight excluding hydrogens is 212 g/mol. The van der Waals surface area contributed by atoms with Crippen LogP contribution in [-0.4, -0.2) is 4.98 Å². The number of aromatic nitrogens is 1. The topological polar surface area (TPSA) is 48.1 Å². The molecule has 0 atom stereocenters. The van der Waals surface area contributed by atoms with Crippen molar-refractivity contribution in [3.05, 3.63) is 47.2 Å². The largest absolute Gasteiger partial charge is 0.397 e. The molecule has 0 amide bonds. The SMILES string of the molecule is Cc1cc(N)cnc1-c1ccc2c(c1)COC2. The van der Waals surface area contributed by atoms with Gasteiger partial charge in [-0.1, -0.05) is 12.1 Å². The van der Waals surface area contributed by atoms with Crippen LogP contribution in [0.5, 0.6) is 0 Å². The first-order valence-corrected chi connectivity index (χ1v) is 5.66. The molecule has 3 heteroatoms. The average molecular weight is 226 g/mol. The van der Waals surface area contributed by atoms with Crippen molar-refractivity contribution in [1.29, 1.82) is 0 Å². The number of nitrogens with two attached hydrogens (primary N) is 1. The molecule has 1 aliphatic rings. The number of nitrogen functional groups attached to an aromatic ring is 1. The zero-order chi connectivity index (χ0) is 11.8. The molecule has 0 saturated carbocycles. The number of nitrogens with zero attached hydrogens (tertiary/aromatic N) is 1. The molecule has 1 aromatic carbocycles. The fraction of sp³-hybridized carbons (Fsp3) is 0.214. The number of rotatable bonds is 1. The molecule has 1 aromatic heterocycles. The first-order chi connectivity index (χ1) is 8.24. The summed E-state index contributed by atoms with van der Waals surface area (Å²) < 4.78 is 5.41. The first kappa shape index (κ1) is 10.3. The lowest BCUT2D eigenvalue weighted by Crippen LogP contribution is -1.93. The third-order valence-electron chi connectivity index (χ3n) is 3.09. The second-order valence-electron chi connectivity index (χ2n) is 4.41. The van der Waals surface area contributed by atoms with E-state index in [2.05, 4.69) is 23.2 Å². The maximum atomic E-state index is 5.71. The Kier molecular flexibility index (Phi) is 2.34. The number of anilines is 1. The number of aryl methyl sites for hydroxylation is 1. The van der Waals surface area contributed by atoms with Crippen LogP contribution in [0.1, 0.15) is 16.7 Å². The van der Waals surface area contributed by atoms with Crippen LogP contribution in [0.15, 0.2) is 30.5 Å². The van der Waals surface area contributed by atoms with Gasteiger partial charge in [0.1, 0.15) is 0 Å². The summed E-state index contributed by atoms with van der Waals surface area (Å²) in [5, 5.41) is 0. The zero-order valence-electron chi connectivity index (χ0n) is 9.73. The van der Waals surface area contributed by atoms with Crippen molar-refractivity contribution in [1.82, 2.24) is 4.98 Å². The van der Waals surface area contributed by atoms with Crippen molar-refractivity contribution in [2.75, 3.05) is 5.73 Å².